The molecule has 0 spiro atoms. The van der Waals surface area contributed by atoms with E-state index in [1.807, 2.05) is 24.3 Å². The number of rotatable bonds is 5. The van der Waals surface area contributed by atoms with Crippen LogP contribution < -0.4 is 16.0 Å². The zero-order valence-electron chi connectivity index (χ0n) is 14.5. The van der Waals surface area contributed by atoms with Gasteiger partial charge >= 0.3 is 0 Å². The molecule has 144 valence electrons. The minimum Gasteiger partial charge on any atom is -0.399 e. The third kappa shape index (κ3) is 5.51. The maximum absolute atomic E-state index is 12.4. The van der Waals surface area contributed by atoms with E-state index in [9.17, 15) is 9.59 Å². The highest BCUT2D eigenvalue weighted by atomic mass is 35.5. The summed E-state index contributed by atoms with van der Waals surface area (Å²) in [7, 11) is 0. The molecule has 1 aliphatic heterocycles. The highest BCUT2D eigenvalue weighted by Crippen LogP contribution is 2.30. The van der Waals surface area contributed by atoms with Crippen LogP contribution in [0.1, 0.15) is 12.0 Å². The van der Waals surface area contributed by atoms with Gasteiger partial charge in [0.1, 0.15) is 0 Å². The van der Waals surface area contributed by atoms with Gasteiger partial charge in [-0.15, -0.1) is 12.4 Å². The third-order valence-corrected chi connectivity index (χ3v) is 4.78. The van der Waals surface area contributed by atoms with Gasteiger partial charge in [0.25, 0.3) is 0 Å². The van der Waals surface area contributed by atoms with Crippen molar-refractivity contribution in [3.8, 4) is 0 Å². The third-order valence-electron chi connectivity index (χ3n) is 4.35. The summed E-state index contributed by atoms with van der Waals surface area (Å²) in [5.74, 6) is -0.613. The van der Waals surface area contributed by atoms with E-state index in [1.54, 1.807) is 23.1 Å². The van der Waals surface area contributed by atoms with Crippen LogP contribution in [-0.2, 0) is 16.0 Å². The molecular formula is C19H20Cl3N3O2. The van der Waals surface area contributed by atoms with Crippen molar-refractivity contribution in [2.75, 3.05) is 23.7 Å². The lowest BCUT2D eigenvalue weighted by atomic mass is 10.1. The first-order valence-electron chi connectivity index (χ1n) is 8.31. The number of hydrogen-bond acceptors (Lipinski definition) is 3. The van der Waals surface area contributed by atoms with E-state index in [0.29, 0.717) is 40.9 Å². The average Bonchev–Trinajstić information content (AvgIpc) is 2.98. The molecule has 1 atom stereocenters. The van der Waals surface area contributed by atoms with Gasteiger partial charge in [0.2, 0.25) is 11.8 Å². The standard InChI is InChI=1S/C19H19Cl2N3O2.ClH/c20-14-8-15(21)10-17(9-14)24-11-13(7-18(24)25)19(26)23-6-5-12-1-3-16(22)4-2-12;/h1-4,8-10,13H,5-7,11,22H2,(H,23,26);1H. The molecule has 2 aromatic carbocycles. The van der Waals surface area contributed by atoms with Crippen LogP contribution in [0.3, 0.4) is 0 Å². The number of carbonyl (C=O) groups excluding carboxylic acids is 2. The number of amides is 2. The van der Waals surface area contributed by atoms with Crippen LogP contribution in [0.2, 0.25) is 10.0 Å². The van der Waals surface area contributed by atoms with Crippen LogP contribution >= 0.6 is 35.6 Å². The predicted octanol–water partition coefficient (Wildman–Crippen LogP) is 3.71. The summed E-state index contributed by atoms with van der Waals surface area (Å²) in [6.07, 6.45) is 0.887. The second-order valence-electron chi connectivity index (χ2n) is 6.32. The van der Waals surface area contributed by atoms with Gasteiger partial charge in [-0.2, -0.15) is 0 Å². The number of carbonyl (C=O) groups is 2. The van der Waals surface area contributed by atoms with E-state index in [0.717, 1.165) is 5.56 Å². The number of nitrogens with two attached hydrogens (primary N) is 1. The van der Waals surface area contributed by atoms with Crippen LogP contribution in [0.25, 0.3) is 0 Å². The molecule has 1 heterocycles. The van der Waals surface area contributed by atoms with Gasteiger partial charge in [-0.05, 0) is 42.3 Å². The fraction of sp³-hybridized carbons (Fsp3) is 0.263. The maximum Gasteiger partial charge on any atom is 0.227 e. The quantitative estimate of drug-likeness (QED) is 0.713. The average molecular weight is 429 g/mol. The first-order valence-corrected chi connectivity index (χ1v) is 9.06. The van der Waals surface area contributed by atoms with Crippen molar-refractivity contribution in [1.82, 2.24) is 5.32 Å². The number of nitrogens with zero attached hydrogens (tertiary/aromatic N) is 1. The van der Waals surface area contributed by atoms with E-state index in [4.69, 9.17) is 28.9 Å². The molecular weight excluding hydrogens is 409 g/mol. The normalized spacial score (nSPS) is 16.1. The van der Waals surface area contributed by atoms with Crippen molar-refractivity contribution < 1.29 is 9.59 Å². The second kappa shape index (κ2) is 9.31. The lowest BCUT2D eigenvalue weighted by Crippen LogP contribution is -2.34. The van der Waals surface area contributed by atoms with Crippen LogP contribution in [0.4, 0.5) is 11.4 Å². The fourth-order valence-corrected chi connectivity index (χ4v) is 3.50. The molecule has 8 heteroatoms. The van der Waals surface area contributed by atoms with Gasteiger partial charge in [-0.1, -0.05) is 35.3 Å². The molecule has 0 radical (unpaired) electrons. The van der Waals surface area contributed by atoms with Crippen molar-refractivity contribution in [3.05, 3.63) is 58.1 Å². The Morgan fingerprint density at radius 2 is 1.78 bits per heavy atom. The van der Waals surface area contributed by atoms with Gasteiger partial charge in [-0.25, -0.2) is 0 Å². The molecule has 2 aromatic rings. The Kier molecular flexibility index (Phi) is 7.36. The highest BCUT2D eigenvalue weighted by Gasteiger charge is 2.35. The summed E-state index contributed by atoms with van der Waals surface area (Å²) in [4.78, 5) is 26.2. The van der Waals surface area contributed by atoms with Crippen LogP contribution in [0, 0.1) is 5.92 Å². The van der Waals surface area contributed by atoms with Crippen molar-refractivity contribution >= 4 is 58.8 Å². The number of hydrogen-bond donors (Lipinski definition) is 2. The van der Waals surface area contributed by atoms with Gasteiger partial charge in [0.15, 0.2) is 0 Å². The van der Waals surface area contributed by atoms with Gasteiger partial charge in [0, 0.05) is 40.9 Å². The van der Waals surface area contributed by atoms with Crippen LogP contribution in [0.15, 0.2) is 42.5 Å². The Morgan fingerprint density at radius 3 is 2.41 bits per heavy atom. The lowest BCUT2D eigenvalue weighted by molar-refractivity contribution is -0.126. The summed E-state index contributed by atoms with van der Waals surface area (Å²) in [5.41, 5.74) is 8.08. The molecule has 5 nitrogen and oxygen atoms in total. The Bertz CT molecular complexity index is 807. The topological polar surface area (TPSA) is 75.4 Å². The van der Waals surface area contributed by atoms with Gasteiger partial charge in [0.05, 0.1) is 5.92 Å². The van der Waals surface area contributed by atoms with E-state index in [2.05, 4.69) is 5.32 Å². The molecule has 1 unspecified atom stereocenters. The minimum atomic E-state index is -0.383. The second-order valence-corrected chi connectivity index (χ2v) is 7.19. The number of halogens is 3. The summed E-state index contributed by atoms with van der Waals surface area (Å²) >= 11 is 12.0. The molecule has 3 rings (SSSR count). The molecule has 0 aromatic heterocycles. The molecule has 0 saturated carbocycles. The molecule has 1 aliphatic rings. The van der Waals surface area contributed by atoms with Crippen LogP contribution in [0.5, 0.6) is 0 Å². The zero-order valence-corrected chi connectivity index (χ0v) is 16.8. The summed E-state index contributed by atoms with van der Waals surface area (Å²) in [5, 5.41) is 3.81. The molecule has 0 bridgehead atoms. The number of nitrogens with one attached hydrogen (secondary N) is 1. The van der Waals surface area contributed by atoms with Crippen molar-refractivity contribution in [2.24, 2.45) is 5.92 Å². The lowest BCUT2D eigenvalue weighted by Gasteiger charge is -2.17. The zero-order chi connectivity index (χ0) is 18.7. The molecule has 1 saturated heterocycles. The SMILES string of the molecule is Cl.Nc1ccc(CCNC(=O)C2CC(=O)N(c3cc(Cl)cc(Cl)c3)C2)cc1. The number of anilines is 2. The first-order chi connectivity index (χ1) is 12.4. The Labute approximate surface area is 174 Å². The van der Waals surface area contributed by atoms with Gasteiger partial charge in [-0.3, -0.25) is 9.59 Å². The van der Waals surface area contributed by atoms with Crippen molar-refractivity contribution in [2.45, 2.75) is 12.8 Å². The van der Waals surface area contributed by atoms with E-state index >= 15 is 0 Å². The Balaban J connectivity index is 0.00000261. The Morgan fingerprint density at radius 1 is 1.15 bits per heavy atom. The summed E-state index contributed by atoms with van der Waals surface area (Å²) in [6.45, 7) is 0.833. The largest absolute Gasteiger partial charge is 0.399 e. The summed E-state index contributed by atoms with van der Waals surface area (Å²) in [6, 6.07) is 12.5. The molecule has 27 heavy (non-hydrogen) atoms. The van der Waals surface area contributed by atoms with E-state index in [1.165, 1.54) is 0 Å². The fourth-order valence-electron chi connectivity index (χ4n) is 2.99. The van der Waals surface area contributed by atoms with E-state index < -0.39 is 0 Å². The number of nitrogen functional groups attached to an aromatic ring is 1. The van der Waals surface area contributed by atoms with Crippen molar-refractivity contribution in [1.29, 1.82) is 0 Å². The smallest absolute Gasteiger partial charge is 0.227 e. The highest BCUT2D eigenvalue weighted by molar-refractivity contribution is 6.35. The molecule has 3 N–H and O–H groups in total. The Hall–Kier alpha value is -1.95. The monoisotopic (exact) mass is 427 g/mol. The van der Waals surface area contributed by atoms with Gasteiger partial charge < -0.3 is 16.0 Å². The molecule has 2 amide bonds. The summed E-state index contributed by atoms with van der Waals surface area (Å²) < 4.78 is 0. The molecule has 1 fully saturated rings. The van der Waals surface area contributed by atoms with Crippen molar-refractivity contribution in [3.63, 3.8) is 0 Å². The first kappa shape index (κ1) is 21.4. The minimum absolute atomic E-state index is 0. The van der Waals surface area contributed by atoms with Crippen LogP contribution in [-0.4, -0.2) is 24.9 Å². The van der Waals surface area contributed by atoms with E-state index in [-0.39, 0.29) is 36.6 Å². The maximum atomic E-state index is 12.4. The number of benzene rings is 2. The predicted molar refractivity (Wildman–Crippen MR) is 112 cm³/mol. The molecule has 0 aliphatic carbocycles.